The van der Waals surface area contributed by atoms with E-state index in [1.165, 1.54) is 0 Å². The molecule has 0 aliphatic rings. The molecule has 30 heavy (non-hydrogen) atoms. The van der Waals surface area contributed by atoms with Gasteiger partial charge in [-0.3, -0.25) is 14.0 Å². The quantitative estimate of drug-likeness (QED) is 0.252. The lowest BCUT2D eigenvalue weighted by molar-refractivity contribution is 0.649. The molecule has 0 saturated heterocycles. The molecule has 0 amide bonds. The zero-order valence-corrected chi connectivity index (χ0v) is 18.6. The Kier molecular flexibility index (Phi) is 9.31. The molecule has 0 saturated carbocycles. The van der Waals surface area contributed by atoms with Crippen LogP contribution in [0.2, 0.25) is 0 Å². The predicted molar refractivity (Wildman–Crippen MR) is 123 cm³/mol. The highest BCUT2D eigenvalue weighted by Crippen LogP contribution is 2.16. The van der Waals surface area contributed by atoms with E-state index in [4.69, 9.17) is 0 Å². The van der Waals surface area contributed by atoms with Crippen LogP contribution in [0.5, 0.6) is 0 Å². The van der Waals surface area contributed by atoms with Gasteiger partial charge in [-0.1, -0.05) is 55.3 Å². The number of hydrogen-bond donors (Lipinski definition) is 1. The van der Waals surface area contributed by atoms with Gasteiger partial charge in [-0.15, -0.1) is 0 Å². The number of nitrogens with zero attached hydrogens (tertiary/aromatic N) is 2. The van der Waals surface area contributed by atoms with Crippen molar-refractivity contribution in [3.63, 3.8) is 0 Å². The molecule has 158 valence electrons. The van der Waals surface area contributed by atoms with Gasteiger partial charge in [-0.05, 0) is 36.6 Å². The molecule has 1 atom stereocenters. The van der Waals surface area contributed by atoms with Crippen LogP contribution in [0, 0.1) is 0 Å². The number of benzene rings is 1. The highest BCUT2D eigenvalue weighted by Gasteiger charge is 2.05. The Morgan fingerprint density at radius 1 is 0.933 bits per heavy atom. The summed E-state index contributed by atoms with van der Waals surface area (Å²) in [5.41, 5.74) is 1.57. The zero-order valence-electron chi connectivity index (χ0n) is 17.0. The van der Waals surface area contributed by atoms with Gasteiger partial charge in [0, 0.05) is 47.0 Å². The highest BCUT2D eigenvalue weighted by molar-refractivity contribution is 7.99. The molecule has 3 rings (SSSR count). The number of H-pyrrole nitrogens is 1. The smallest absolute Gasteiger partial charge is 0.255 e. The van der Waals surface area contributed by atoms with Gasteiger partial charge in [-0.25, -0.2) is 4.98 Å². The molecule has 0 bridgehead atoms. The molecule has 3 aromatic rings. The Labute approximate surface area is 184 Å². The van der Waals surface area contributed by atoms with E-state index in [0.717, 1.165) is 54.1 Å². The Hall–Kier alpha value is -2.25. The maximum Gasteiger partial charge on any atom is 0.255 e. The molecule has 0 radical (unpaired) electrons. The molecular formula is C23H27N3O2S2. The molecule has 2 aromatic heterocycles. The predicted octanol–water partition coefficient (Wildman–Crippen LogP) is 4.61. The van der Waals surface area contributed by atoms with E-state index < -0.39 is 10.8 Å². The van der Waals surface area contributed by atoms with Crippen LogP contribution in [0.1, 0.15) is 43.2 Å². The van der Waals surface area contributed by atoms with E-state index in [2.05, 4.69) is 15.0 Å². The minimum Gasteiger partial charge on any atom is -0.301 e. The van der Waals surface area contributed by atoms with Gasteiger partial charge in [0.25, 0.3) is 5.56 Å². The first-order valence-corrected chi connectivity index (χ1v) is 12.6. The number of pyridine rings is 1. The first-order valence-electron chi connectivity index (χ1n) is 10.3. The number of aromatic amines is 1. The number of hydrogen-bond acceptors (Lipinski definition) is 5. The number of unbranched alkanes of at least 4 members (excludes halogenated alkanes) is 4. The molecule has 0 aliphatic heterocycles. The van der Waals surface area contributed by atoms with E-state index in [0.29, 0.717) is 17.1 Å². The van der Waals surface area contributed by atoms with Crippen molar-refractivity contribution >= 4 is 22.6 Å². The second-order valence-electron chi connectivity index (χ2n) is 7.06. The van der Waals surface area contributed by atoms with E-state index in [9.17, 15) is 9.00 Å². The molecule has 1 N–H and O–H groups in total. The Morgan fingerprint density at radius 3 is 2.50 bits per heavy atom. The normalized spacial score (nSPS) is 12.0. The van der Waals surface area contributed by atoms with Gasteiger partial charge < -0.3 is 4.98 Å². The first-order chi connectivity index (χ1) is 14.7. The average molecular weight is 442 g/mol. The van der Waals surface area contributed by atoms with Crippen LogP contribution < -0.4 is 5.56 Å². The third kappa shape index (κ3) is 7.54. The summed E-state index contributed by atoms with van der Waals surface area (Å²) in [6.45, 7) is 0. The molecule has 1 aromatic carbocycles. The van der Waals surface area contributed by atoms with Crippen molar-refractivity contribution in [3.8, 4) is 0 Å². The summed E-state index contributed by atoms with van der Waals surface area (Å²) in [4.78, 5) is 24.5. The van der Waals surface area contributed by atoms with E-state index in [-0.39, 0.29) is 5.56 Å². The number of nitrogens with one attached hydrogen (secondary N) is 1. The SMILES string of the molecule is O=c1[nH]c(SCCCCCCCS(=O)c2ccccc2)ncc1Cc1cccnc1. The Bertz CT molecular complexity index is 978. The molecule has 0 fully saturated rings. The van der Waals surface area contributed by atoms with Gasteiger partial charge in [0.05, 0.1) is 10.8 Å². The largest absolute Gasteiger partial charge is 0.301 e. The van der Waals surface area contributed by atoms with Gasteiger partial charge in [-0.2, -0.15) is 0 Å². The first kappa shape index (κ1) is 22.4. The summed E-state index contributed by atoms with van der Waals surface area (Å²) < 4.78 is 12.2. The molecule has 7 heteroatoms. The molecule has 2 heterocycles. The standard InChI is InChI=1S/C23H27N3O2S2/c27-22-20(16-19-10-9-13-24-17-19)18-25-23(26-22)29-14-7-2-1-3-8-15-30(28)21-11-5-4-6-12-21/h4-6,9-13,17-18H,1-3,7-8,14-16H2,(H,25,26,27). The van der Waals surface area contributed by atoms with Gasteiger partial charge in [0.2, 0.25) is 0 Å². The molecule has 0 aliphatic carbocycles. The molecule has 1 unspecified atom stereocenters. The lowest BCUT2D eigenvalue weighted by Gasteiger charge is -2.04. The molecule has 0 spiro atoms. The van der Waals surface area contributed by atoms with Crippen LogP contribution in [0.3, 0.4) is 0 Å². The summed E-state index contributed by atoms with van der Waals surface area (Å²) in [6, 6.07) is 13.5. The second-order valence-corrected chi connectivity index (χ2v) is 9.71. The Balaban J connectivity index is 1.29. The summed E-state index contributed by atoms with van der Waals surface area (Å²) in [5.74, 6) is 1.66. The fourth-order valence-electron chi connectivity index (χ4n) is 3.05. The zero-order chi connectivity index (χ0) is 21.0. The second kappa shape index (κ2) is 12.4. The summed E-state index contributed by atoms with van der Waals surface area (Å²) in [5, 5.41) is 0.674. The van der Waals surface area contributed by atoms with Crippen molar-refractivity contribution in [1.29, 1.82) is 0 Å². The van der Waals surface area contributed by atoms with E-state index >= 15 is 0 Å². The van der Waals surface area contributed by atoms with Crippen LogP contribution in [-0.2, 0) is 17.2 Å². The van der Waals surface area contributed by atoms with Crippen molar-refractivity contribution in [1.82, 2.24) is 15.0 Å². The third-order valence-electron chi connectivity index (χ3n) is 4.69. The average Bonchev–Trinajstić information content (AvgIpc) is 2.78. The lowest BCUT2D eigenvalue weighted by Crippen LogP contribution is -2.14. The molecule has 5 nitrogen and oxygen atoms in total. The minimum atomic E-state index is -0.884. The van der Waals surface area contributed by atoms with E-state index in [1.54, 1.807) is 30.4 Å². The van der Waals surface area contributed by atoms with E-state index in [1.807, 2.05) is 42.5 Å². The summed E-state index contributed by atoms with van der Waals surface area (Å²) in [7, 11) is -0.884. The summed E-state index contributed by atoms with van der Waals surface area (Å²) in [6.07, 6.45) is 11.1. The Morgan fingerprint density at radius 2 is 1.73 bits per heavy atom. The van der Waals surface area contributed by atoms with Crippen LogP contribution in [0.15, 0.2) is 75.9 Å². The lowest BCUT2D eigenvalue weighted by atomic mass is 10.1. The molecular weight excluding hydrogens is 414 g/mol. The maximum absolute atomic E-state index is 12.3. The monoisotopic (exact) mass is 441 g/mol. The van der Waals surface area contributed by atoms with Crippen molar-refractivity contribution < 1.29 is 4.21 Å². The summed E-state index contributed by atoms with van der Waals surface area (Å²) >= 11 is 1.59. The topological polar surface area (TPSA) is 75.7 Å². The third-order valence-corrected chi connectivity index (χ3v) is 7.12. The van der Waals surface area contributed by atoms with Crippen molar-refractivity contribution in [2.24, 2.45) is 0 Å². The highest BCUT2D eigenvalue weighted by atomic mass is 32.2. The van der Waals surface area contributed by atoms with Gasteiger partial charge >= 0.3 is 0 Å². The van der Waals surface area contributed by atoms with Crippen molar-refractivity contribution in [2.45, 2.75) is 48.6 Å². The number of thioether (sulfide) groups is 1. The minimum absolute atomic E-state index is 0.0808. The number of aromatic nitrogens is 3. The van der Waals surface area contributed by atoms with Gasteiger partial charge in [0.15, 0.2) is 5.16 Å². The van der Waals surface area contributed by atoms with Crippen LogP contribution >= 0.6 is 11.8 Å². The maximum atomic E-state index is 12.3. The fourth-order valence-corrected chi connectivity index (χ4v) is 5.05. The van der Waals surface area contributed by atoms with Gasteiger partial charge in [0.1, 0.15) is 0 Å². The van der Waals surface area contributed by atoms with Crippen LogP contribution in [0.4, 0.5) is 0 Å². The van der Waals surface area contributed by atoms with Crippen molar-refractivity contribution in [3.05, 3.63) is 82.5 Å². The fraction of sp³-hybridized carbons (Fsp3) is 0.348. The van der Waals surface area contributed by atoms with Crippen LogP contribution in [0.25, 0.3) is 0 Å². The number of rotatable bonds is 12. The van der Waals surface area contributed by atoms with Crippen molar-refractivity contribution in [2.75, 3.05) is 11.5 Å². The van der Waals surface area contributed by atoms with Crippen LogP contribution in [-0.4, -0.2) is 30.7 Å².